The van der Waals surface area contributed by atoms with Crippen LogP contribution in [0.1, 0.15) is 27.2 Å². The van der Waals surface area contributed by atoms with E-state index in [-0.39, 0.29) is 5.78 Å². The third-order valence-corrected chi connectivity index (χ3v) is 4.67. The molecular weight excluding hydrogens is 320 g/mol. The molecule has 0 fully saturated rings. The molecule has 0 spiro atoms. The van der Waals surface area contributed by atoms with E-state index in [0.29, 0.717) is 11.5 Å². The van der Waals surface area contributed by atoms with E-state index in [1.165, 1.54) is 6.08 Å². The van der Waals surface area contributed by atoms with Crippen LogP contribution in [0.4, 0.5) is 0 Å². The number of hydrogen-bond acceptors (Lipinski definition) is 4. The van der Waals surface area contributed by atoms with Crippen molar-refractivity contribution in [1.82, 2.24) is 0 Å². The Balaban J connectivity index is 1.90. The summed E-state index contributed by atoms with van der Waals surface area (Å²) in [5.41, 5.74) is 3.20. The van der Waals surface area contributed by atoms with E-state index in [1.807, 2.05) is 50.4 Å². The zero-order chi connectivity index (χ0) is 17.3. The number of furan rings is 1. The van der Waals surface area contributed by atoms with Gasteiger partial charge in [-0.1, -0.05) is 18.2 Å². The van der Waals surface area contributed by atoms with Gasteiger partial charge in [-0.2, -0.15) is 0 Å². The first kappa shape index (κ1) is 16.4. The van der Waals surface area contributed by atoms with Crippen molar-refractivity contribution >= 4 is 34.6 Å². The average Bonchev–Trinajstić information content (AvgIpc) is 3.01. The van der Waals surface area contributed by atoms with E-state index in [4.69, 9.17) is 4.42 Å². The molecule has 0 aliphatic heterocycles. The van der Waals surface area contributed by atoms with Gasteiger partial charge in [0.25, 0.3) is 0 Å². The van der Waals surface area contributed by atoms with Gasteiger partial charge in [0.05, 0.1) is 4.90 Å². The summed E-state index contributed by atoms with van der Waals surface area (Å²) in [5.74, 6) is 0.442. The average molecular weight is 338 g/mol. The minimum Gasteiger partial charge on any atom is -0.507 e. The summed E-state index contributed by atoms with van der Waals surface area (Å²) in [7, 11) is 0. The number of phenolic OH excluding ortho intramolecular Hbond substituents is 1. The summed E-state index contributed by atoms with van der Waals surface area (Å²) < 4.78 is 5.75. The summed E-state index contributed by atoms with van der Waals surface area (Å²) in [6, 6.07) is 11.3. The minimum atomic E-state index is -0.179. The number of aromatic hydroxyl groups is 1. The number of ketones is 1. The maximum absolute atomic E-state index is 12.4. The molecule has 0 saturated heterocycles. The van der Waals surface area contributed by atoms with Gasteiger partial charge in [-0.05, 0) is 67.1 Å². The third kappa shape index (κ3) is 3.10. The summed E-state index contributed by atoms with van der Waals surface area (Å²) in [5, 5.41) is 10.7. The molecule has 3 rings (SSSR count). The monoisotopic (exact) mass is 338 g/mol. The summed E-state index contributed by atoms with van der Waals surface area (Å²) in [6.45, 7) is 3.68. The number of benzene rings is 2. The highest BCUT2D eigenvalue weighted by Crippen LogP contribution is 2.29. The Morgan fingerprint density at radius 2 is 1.88 bits per heavy atom. The van der Waals surface area contributed by atoms with Gasteiger partial charge in [-0.3, -0.25) is 4.79 Å². The van der Waals surface area contributed by atoms with Gasteiger partial charge in [0.1, 0.15) is 11.3 Å². The normalized spacial score (nSPS) is 11.5. The highest BCUT2D eigenvalue weighted by atomic mass is 32.2. The number of thioether (sulfide) groups is 1. The van der Waals surface area contributed by atoms with Gasteiger partial charge >= 0.3 is 0 Å². The number of carbonyl (C=O) groups is 1. The Morgan fingerprint density at radius 1 is 1.17 bits per heavy atom. The first-order valence-electron chi connectivity index (χ1n) is 7.59. The molecule has 122 valence electrons. The summed E-state index contributed by atoms with van der Waals surface area (Å²) in [6.07, 6.45) is 5.22. The number of carbonyl (C=O) groups excluding carboxylic acids is 1. The van der Waals surface area contributed by atoms with Crippen LogP contribution < -0.4 is 0 Å². The van der Waals surface area contributed by atoms with Crippen LogP contribution in [-0.4, -0.2) is 17.1 Å². The molecule has 4 heteroatoms. The van der Waals surface area contributed by atoms with Crippen molar-refractivity contribution < 1.29 is 14.3 Å². The lowest BCUT2D eigenvalue weighted by molar-refractivity contribution is 0.102. The number of para-hydroxylation sites is 1. The van der Waals surface area contributed by atoms with E-state index in [2.05, 4.69) is 0 Å². The summed E-state index contributed by atoms with van der Waals surface area (Å²) >= 11 is 1.59. The number of phenols is 1. The van der Waals surface area contributed by atoms with Crippen molar-refractivity contribution in [3.05, 3.63) is 64.9 Å². The third-order valence-electron chi connectivity index (χ3n) is 3.91. The Bertz CT molecular complexity index is 928. The predicted octanol–water partition coefficient (Wildman–Crippen LogP) is 5.37. The maximum atomic E-state index is 12.4. The molecule has 0 atom stereocenters. The van der Waals surface area contributed by atoms with Crippen molar-refractivity contribution in [3.8, 4) is 5.75 Å². The maximum Gasteiger partial charge on any atom is 0.221 e. The molecule has 1 aromatic heterocycles. The van der Waals surface area contributed by atoms with Crippen LogP contribution in [0.3, 0.4) is 0 Å². The first-order valence-corrected chi connectivity index (χ1v) is 8.81. The fourth-order valence-corrected chi connectivity index (χ4v) is 3.22. The number of aryl methyl sites for hydroxylation is 2. The molecule has 2 aromatic carbocycles. The molecule has 0 unspecified atom stereocenters. The molecule has 0 radical (unpaired) electrons. The predicted molar refractivity (Wildman–Crippen MR) is 98.9 cm³/mol. The largest absolute Gasteiger partial charge is 0.507 e. The Hall–Kier alpha value is -2.46. The number of fused-ring (bicyclic) bond motifs is 1. The molecular formula is C20H18O3S. The second-order valence-electron chi connectivity index (χ2n) is 5.69. The lowest BCUT2D eigenvalue weighted by atomic mass is 10.0. The SMILES string of the molecule is CSc1cccc2cc(C(=O)/C=C/c3cc(C)c(O)c(C)c3)oc12. The van der Waals surface area contributed by atoms with Crippen molar-refractivity contribution in [2.45, 2.75) is 18.7 Å². The fraction of sp³-hybridized carbons (Fsp3) is 0.150. The van der Waals surface area contributed by atoms with Crippen LogP contribution in [0, 0.1) is 13.8 Å². The van der Waals surface area contributed by atoms with Crippen molar-refractivity contribution in [2.24, 2.45) is 0 Å². The van der Waals surface area contributed by atoms with E-state index < -0.39 is 0 Å². The van der Waals surface area contributed by atoms with Gasteiger partial charge < -0.3 is 9.52 Å². The van der Waals surface area contributed by atoms with Crippen LogP contribution >= 0.6 is 11.8 Å². The summed E-state index contributed by atoms with van der Waals surface area (Å²) in [4.78, 5) is 13.4. The van der Waals surface area contributed by atoms with Crippen molar-refractivity contribution in [2.75, 3.05) is 6.26 Å². The smallest absolute Gasteiger partial charge is 0.221 e. The van der Waals surface area contributed by atoms with Crippen LogP contribution in [0.2, 0.25) is 0 Å². The molecule has 3 nitrogen and oxygen atoms in total. The van der Waals surface area contributed by atoms with Gasteiger partial charge in [0.2, 0.25) is 5.78 Å². The molecule has 1 heterocycles. The molecule has 0 amide bonds. The van der Waals surface area contributed by atoms with Crippen LogP contribution in [-0.2, 0) is 0 Å². The van der Waals surface area contributed by atoms with Gasteiger partial charge in [-0.15, -0.1) is 11.8 Å². The second-order valence-corrected chi connectivity index (χ2v) is 6.54. The number of allylic oxidation sites excluding steroid dienone is 1. The minimum absolute atomic E-state index is 0.179. The number of hydrogen-bond donors (Lipinski definition) is 1. The number of rotatable bonds is 4. The molecule has 0 bridgehead atoms. The molecule has 0 saturated carbocycles. The lowest BCUT2D eigenvalue weighted by Gasteiger charge is -2.04. The van der Waals surface area contributed by atoms with Crippen LogP contribution in [0.5, 0.6) is 5.75 Å². The zero-order valence-corrected chi connectivity index (χ0v) is 14.6. The van der Waals surface area contributed by atoms with Gasteiger partial charge in [0.15, 0.2) is 5.76 Å². The van der Waals surface area contributed by atoms with Crippen molar-refractivity contribution in [3.63, 3.8) is 0 Å². The lowest BCUT2D eigenvalue weighted by Crippen LogP contribution is -1.91. The quantitative estimate of drug-likeness (QED) is 0.394. The molecule has 0 aliphatic rings. The van der Waals surface area contributed by atoms with E-state index in [1.54, 1.807) is 23.9 Å². The first-order chi connectivity index (χ1) is 11.5. The fourth-order valence-electron chi connectivity index (χ4n) is 2.66. The van der Waals surface area contributed by atoms with E-state index in [9.17, 15) is 9.90 Å². The molecule has 24 heavy (non-hydrogen) atoms. The van der Waals surface area contributed by atoms with Crippen LogP contribution in [0.25, 0.3) is 17.0 Å². The van der Waals surface area contributed by atoms with Gasteiger partial charge in [0, 0.05) is 5.39 Å². The topological polar surface area (TPSA) is 50.4 Å². The molecule has 1 N–H and O–H groups in total. The highest BCUT2D eigenvalue weighted by Gasteiger charge is 2.12. The van der Waals surface area contributed by atoms with E-state index >= 15 is 0 Å². The zero-order valence-electron chi connectivity index (χ0n) is 13.8. The Morgan fingerprint density at radius 3 is 2.54 bits per heavy atom. The Kier molecular flexibility index (Phi) is 4.49. The Labute approximate surface area is 145 Å². The second kappa shape index (κ2) is 6.57. The molecule has 0 aliphatic carbocycles. The van der Waals surface area contributed by atoms with Crippen molar-refractivity contribution in [1.29, 1.82) is 0 Å². The standard InChI is InChI=1S/C20H18O3S/c1-12-9-14(10-13(2)19(12)22)7-8-16(21)17-11-15-5-4-6-18(24-3)20(15)23-17/h4-11,22H,1-3H3/b8-7+. The molecule has 3 aromatic rings. The van der Waals surface area contributed by atoms with Crippen LogP contribution in [0.15, 0.2) is 51.8 Å². The van der Waals surface area contributed by atoms with E-state index in [0.717, 1.165) is 32.6 Å². The van der Waals surface area contributed by atoms with Gasteiger partial charge in [-0.25, -0.2) is 0 Å². The highest BCUT2D eigenvalue weighted by molar-refractivity contribution is 7.98.